The molecule has 2 aromatic rings. The van der Waals surface area contributed by atoms with Gasteiger partial charge in [0.2, 0.25) is 5.95 Å². The van der Waals surface area contributed by atoms with E-state index in [4.69, 9.17) is 5.73 Å². The lowest BCUT2D eigenvalue weighted by molar-refractivity contribution is 0.263. The summed E-state index contributed by atoms with van der Waals surface area (Å²) in [5, 5.41) is 4.21. The zero-order valence-electron chi connectivity index (χ0n) is 13.4. The molecule has 1 fully saturated rings. The molecule has 3 rings (SSSR count). The Morgan fingerprint density at radius 2 is 2.00 bits per heavy atom. The summed E-state index contributed by atoms with van der Waals surface area (Å²) in [6, 6.07) is 2.32. The van der Waals surface area contributed by atoms with Crippen LogP contribution in [0.3, 0.4) is 0 Å². The lowest BCUT2D eigenvalue weighted by atomic mass is 10.1. The van der Waals surface area contributed by atoms with E-state index >= 15 is 0 Å². The number of piperidine rings is 1. The number of nitrogens with two attached hydrogens (primary N) is 1. The number of pyridine rings is 1. The summed E-state index contributed by atoms with van der Waals surface area (Å²) in [6.45, 7) is 2.17. The first-order chi connectivity index (χ1) is 10.5. The first-order valence-electron chi connectivity index (χ1n) is 7.59. The van der Waals surface area contributed by atoms with E-state index in [0.29, 0.717) is 23.5 Å². The fourth-order valence-corrected chi connectivity index (χ4v) is 2.84. The van der Waals surface area contributed by atoms with Crippen molar-refractivity contribution < 1.29 is 0 Å². The van der Waals surface area contributed by atoms with Gasteiger partial charge in [0.25, 0.3) is 0 Å². The topological polar surface area (TPSA) is 83.2 Å². The van der Waals surface area contributed by atoms with E-state index in [9.17, 15) is 0 Å². The molecule has 0 saturated carbocycles. The lowest BCUT2D eigenvalue weighted by Gasteiger charge is -2.29. The summed E-state index contributed by atoms with van der Waals surface area (Å²) < 4.78 is 0. The number of hydrogen-bond acceptors (Lipinski definition) is 7. The number of likely N-dealkylation sites (tertiary alicyclic amines) is 1. The maximum atomic E-state index is 6.16. The number of rotatable bonds is 3. The number of nitrogen functional groups attached to an aromatic ring is 1. The van der Waals surface area contributed by atoms with Gasteiger partial charge >= 0.3 is 0 Å². The molecule has 1 aliphatic rings. The SMILES string of the molecule is CN1CCC(Nc2nc(N)c3c(N(C)C)ccnc3n2)CC1. The molecule has 0 atom stereocenters. The minimum Gasteiger partial charge on any atom is -0.383 e. The van der Waals surface area contributed by atoms with Crippen LogP contribution in [0.1, 0.15) is 12.8 Å². The van der Waals surface area contributed by atoms with Gasteiger partial charge in [0.15, 0.2) is 5.65 Å². The summed E-state index contributed by atoms with van der Waals surface area (Å²) in [6.07, 6.45) is 3.93. The van der Waals surface area contributed by atoms with E-state index in [1.807, 2.05) is 25.1 Å². The first-order valence-corrected chi connectivity index (χ1v) is 7.59. The van der Waals surface area contributed by atoms with Crippen molar-refractivity contribution in [2.45, 2.75) is 18.9 Å². The molecule has 3 N–H and O–H groups in total. The molecule has 7 heteroatoms. The van der Waals surface area contributed by atoms with Gasteiger partial charge in [-0.25, -0.2) is 4.98 Å². The summed E-state index contributed by atoms with van der Waals surface area (Å²) in [5.74, 6) is 1.04. The van der Waals surface area contributed by atoms with Gasteiger partial charge in [-0.15, -0.1) is 0 Å². The fourth-order valence-electron chi connectivity index (χ4n) is 2.84. The molecule has 118 valence electrons. The smallest absolute Gasteiger partial charge is 0.226 e. The van der Waals surface area contributed by atoms with E-state index < -0.39 is 0 Å². The molecular weight excluding hydrogens is 278 g/mol. The highest BCUT2D eigenvalue weighted by Crippen LogP contribution is 2.28. The first kappa shape index (κ1) is 14.8. The Balaban J connectivity index is 1.89. The number of fused-ring (bicyclic) bond motifs is 1. The second-order valence-corrected chi connectivity index (χ2v) is 6.08. The van der Waals surface area contributed by atoms with Gasteiger partial charge in [-0.2, -0.15) is 9.97 Å². The Hall–Kier alpha value is -2.15. The maximum Gasteiger partial charge on any atom is 0.226 e. The van der Waals surface area contributed by atoms with Crippen LogP contribution in [0, 0.1) is 0 Å². The van der Waals surface area contributed by atoms with Crippen LogP contribution >= 0.6 is 0 Å². The molecule has 2 aromatic heterocycles. The van der Waals surface area contributed by atoms with Crippen molar-refractivity contribution >= 4 is 28.5 Å². The van der Waals surface area contributed by atoms with Crippen molar-refractivity contribution in [3.8, 4) is 0 Å². The Labute approximate surface area is 130 Å². The molecule has 0 radical (unpaired) electrons. The third-order valence-electron chi connectivity index (χ3n) is 4.14. The largest absolute Gasteiger partial charge is 0.383 e. The van der Waals surface area contributed by atoms with Crippen molar-refractivity contribution in [3.05, 3.63) is 12.3 Å². The number of hydrogen-bond donors (Lipinski definition) is 2. The Bertz CT molecular complexity index is 662. The zero-order chi connectivity index (χ0) is 15.7. The Morgan fingerprint density at radius 3 is 2.68 bits per heavy atom. The molecule has 0 spiro atoms. The summed E-state index contributed by atoms with van der Waals surface area (Å²) in [4.78, 5) is 17.6. The van der Waals surface area contributed by atoms with Crippen molar-refractivity contribution in [2.75, 3.05) is 50.2 Å². The second-order valence-electron chi connectivity index (χ2n) is 6.08. The molecule has 0 aromatic carbocycles. The molecule has 1 saturated heterocycles. The van der Waals surface area contributed by atoms with Crippen molar-refractivity contribution in [1.29, 1.82) is 0 Å². The predicted octanol–water partition coefficient (Wildman–Crippen LogP) is 1.18. The zero-order valence-corrected chi connectivity index (χ0v) is 13.4. The van der Waals surface area contributed by atoms with Crippen LogP contribution in [0.25, 0.3) is 11.0 Å². The Morgan fingerprint density at radius 1 is 1.27 bits per heavy atom. The Kier molecular flexibility index (Phi) is 3.98. The number of anilines is 3. The van der Waals surface area contributed by atoms with Crippen molar-refractivity contribution in [1.82, 2.24) is 19.9 Å². The maximum absolute atomic E-state index is 6.16. The van der Waals surface area contributed by atoms with Crippen LogP contribution in [0.2, 0.25) is 0 Å². The molecule has 7 nitrogen and oxygen atoms in total. The highest BCUT2D eigenvalue weighted by Gasteiger charge is 2.18. The number of nitrogens with zero attached hydrogens (tertiary/aromatic N) is 5. The molecule has 0 unspecified atom stereocenters. The van der Waals surface area contributed by atoms with Crippen LogP contribution in [0.5, 0.6) is 0 Å². The minimum atomic E-state index is 0.394. The second kappa shape index (κ2) is 5.92. The van der Waals surface area contributed by atoms with Crippen LogP contribution in [0.15, 0.2) is 12.3 Å². The van der Waals surface area contributed by atoms with Crippen molar-refractivity contribution in [2.24, 2.45) is 0 Å². The average Bonchev–Trinajstić information content (AvgIpc) is 2.49. The summed E-state index contributed by atoms with van der Waals surface area (Å²) in [5.41, 5.74) is 7.77. The highest BCUT2D eigenvalue weighted by atomic mass is 15.2. The van der Waals surface area contributed by atoms with Crippen LogP contribution in [-0.2, 0) is 0 Å². The van der Waals surface area contributed by atoms with Gasteiger partial charge in [-0.3, -0.25) is 0 Å². The molecule has 0 aliphatic carbocycles. The van der Waals surface area contributed by atoms with Crippen LogP contribution < -0.4 is 16.0 Å². The van der Waals surface area contributed by atoms with E-state index in [-0.39, 0.29) is 0 Å². The van der Waals surface area contributed by atoms with E-state index in [1.165, 1.54) is 0 Å². The third-order valence-corrected chi connectivity index (χ3v) is 4.14. The normalized spacial score (nSPS) is 16.9. The van der Waals surface area contributed by atoms with Crippen LogP contribution in [0.4, 0.5) is 17.5 Å². The fraction of sp³-hybridized carbons (Fsp3) is 0.533. The molecule has 1 aliphatic heterocycles. The lowest BCUT2D eigenvalue weighted by Crippen LogP contribution is -2.37. The quantitative estimate of drug-likeness (QED) is 0.880. The summed E-state index contributed by atoms with van der Waals surface area (Å²) in [7, 11) is 6.09. The standard InChI is InChI=1S/C15H23N7/c1-21(2)11-4-7-17-14-12(11)13(16)19-15(20-14)18-10-5-8-22(3)9-6-10/h4,7,10H,5-6,8-9H2,1-3H3,(H3,16,17,18,19,20). The van der Waals surface area contributed by atoms with E-state index in [2.05, 4.69) is 32.2 Å². The molecule has 22 heavy (non-hydrogen) atoms. The monoisotopic (exact) mass is 301 g/mol. The van der Waals surface area contributed by atoms with Gasteiger partial charge < -0.3 is 20.9 Å². The number of nitrogens with one attached hydrogen (secondary N) is 1. The predicted molar refractivity (Wildman–Crippen MR) is 90.2 cm³/mol. The van der Waals surface area contributed by atoms with Crippen molar-refractivity contribution in [3.63, 3.8) is 0 Å². The summed E-state index contributed by atoms with van der Waals surface area (Å²) >= 11 is 0. The molecule has 0 bridgehead atoms. The highest BCUT2D eigenvalue weighted by molar-refractivity contribution is 5.97. The third kappa shape index (κ3) is 2.89. The van der Waals surface area contributed by atoms with Crippen LogP contribution in [-0.4, -0.2) is 60.1 Å². The minimum absolute atomic E-state index is 0.394. The van der Waals surface area contributed by atoms with Gasteiger partial charge in [-0.1, -0.05) is 0 Å². The average molecular weight is 301 g/mol. The van der Waals surface area contributed by atoms with Gasteiger partial charge in [0, 0.05) is 26.3 Å². The van der Waals surface area contributed by atoms with Gasteiger partial charge in [-0.05, 0) is 39.0 Å². The molecule has 0 amide bonds. The molecule has 3 heterocycles. The van der Waals surface area contributed by atoms with Gasteiger partial charge in [0.1, 0.15) is 5.82 Å². The van der Waals surface area contributed by atoms with Gasteiger partial charge in [0.05, 0.1) is 11.1 Å². The van der Waals surface area contributed by atoms with E-state index in [1.54, 1.807) is 6.20 Å². The molecular formula is C15H23N7. The number of aromatic nitrogens is 3. The van der Waals surface area contributed by atoms with E-state index in [0.717, 1.165) is 37.0 Å².